The molecule has 0 aliphatic carbocycles. The quantitative estimate of drug-likeness (QED) is 0.261. The van der Waals surface area contributed by atoms with Gasteiger partial charge >= 0.3 is 6.09 Å². The normalized spacial score (nSPS) is 17.4. The van der Waals surface area contributed by atoms with Crippen molar-refractivity contribution in [2.45, 2.75) is 56.4 Å². The maximum Gasteiger partial charge on any atom is 0.411 e. The topological polar surface area (TPSA) is 138 Å². The van der Waals surface area contributed by atoms with Crippen molar-refractivity contribution in [2.75, 3.05) is 26.7 Å². The zero-order valence-electron chi connectivity index (χ0n) is 24.5. The minimum Gasteiger partial charge on any atom is -0.497 e. The summed E-state index contributed by atoms with van der Waals surface area (Å²) < 4.78 is 39.5. The van der Waals surface area contributed by atoms with Crippen LogP contribution in [0.3, 0.4) is 0 Å². The Morgan fingerprint density at radius 1 is 1.23 bits per heavy atom. The number of benzene rings is 2. The molecule has 4 rings (SSSR count). The van der Waals surface area contributed by atoms with Crippen LogP contribution >= 0.6 is 11.3 Å². The molecule has 0 unspecified atom stereocenters. The molecule has 0 spiro atoms. The Bertz CT molecular complexity index is 1450. The number of cyclic esters (lactones) is 1. The number of methoxy groups -OCH3 is 1. The fourth-order valence-corrected chi connectivity index (χ4v) is 6.93. The average molecular weight is 631 g/mol. The van der Waals surface area contributed by atoms with Crippen LogP contribution in [0.25, 0.3) is 0 Å². The number of ether oxygens (including phenoxy) is 2. The summed E-state index contributed by atoms with van der Waals surface area (Å²) >= 11 is 1.40. The first kappa shape index (κ1) is 32.4. The third-order valence-corrected chi connectivity index (χ3v) is 9.97. The van der Waals surface area contributed by atoms with Crippen molar-refractivity contribution in [3.05, 3.63) is 76.7 Å². The van der Waals surface area contributed by atoms with Gasteiger partial charge in [0.1, 0.15) is 5.75 Å². The SMILES string of the molecule is CC[C@@H](C)CN(C[C@@H](O)[C@H](Cc1ccccc1)NC(=O)[C@@H]1CN(Cc2cncs2)C(=O)O1)S(=O)(=O)c1cccc(OC)c1. The molecule has 4 atom stereocenters. The lowest BCUT2D eigenvalue weighted by atomic mass is 10.0. The van der Waals surface area contributed by atoms with E-state index in [2.05, 4.69) is 10.3 Å². The molecular formula is C30H38N4O7S2. The van der Waals surface area contributed by atoms with E-state index in [1.54, 1.807) is 23.8 Å². The predicted octanol–water partition coefficient (Wildman–Crippen LogP) is 3.30. The van der Waals surface area contributed by atoms with Crippen LogP contribution in [0.4, 0.5) is 4.79 Å². The zero-order valence-corrected chi connectivity index (χ0v) is 26.1. The second-order valence-corrected chi connectivity index (χ2v) is 13.5. The predicted molar refractivity (Wildman–Crippen MR) is 162 cm³/mol. The molecule has 2 amide bonds. The van der Waals surface area contributed by atoms with E-state index < -0.39 is 40.3 Å². The summed E-state index contributed by atoms with van der Waals surface area (Å²) in [5, 5.41) is 14.4. The molecule has 13 heteroatoms. The van der Waals surface area contributed by atoms with Gasteiger partial charge < -0.3 is 19.9 Å². The molecule has 1 fully saturated rings. The van der Waals surface area contributed by atoms with Crippen molar-refractivity contribution in [2.24, 2.45) is 5.92 Å². The van der Waals surface area contributed by atoms with Crippen molar-refractivity contribution >= 4 is 33.4 Å². The van der Waals surface area contributed by atoms with Crippen LogP contribution in [0.1, 0.15) is 30.7 Å². The minimum atomic E-state index is -4.02. The molecule has 1 saturated heterocycles. The highest BCUT2D eigenvalue weighted by molar-refractivity contribution is 7.89. The van der Waals surface area contributed by atoms with E-state index in [1.807, 2.05) is 44.2 Å². The Morgan fingerprint density at radius 3 is 2.67 bits per heavy atom. The lowest BCUT2D eigenvalue weighted by Crippen LogP contribution is -2.53. The van der Waals surface area contributed by atoms with Crippen molar-refractivity contribution in [3.8, 4) is 5.75 Å². The third-order valence-electron chi connectivity index (χ3n) is 7.38. The molecule has 1 aromatic heterocycles. The zero-order chi connectivity index (χ0) is 31.0. The van der Waals surface area contributed by atoms with Crippen molar-refractivity contribution in [1.82, 2.24) is 19.5 Å². The van der Waals surface area contributed by atoms with E-state index >= 15 is 0 Å². The lowest BCUT2D eigenvalue weighted by molar-refractivity contribution is -0.129. The van der Waals surface area contributed by atoms with Gasteiger partial charge in [0.05, 0.1) is 42.8 Å². The monoisotopic (exact) mass is 630 g/mol. The van der Waals surface area contributed by atoms with Gasteiger partial charge in [0.2, 0.25) is 10.0 Å². The summed E-state index contributed by atoms with van der Waals surface area (Å²) in [6, 6.07) is 14.6. The van der Waals surface area contributed by atoms with Gasteiger partial charge in [0.15, 0.2) is 6.10 Å². The number of hydrogen-bond acceptors (Lipinski definition) is 9. The maximum atomic E-state index is 13.8. The first-order chi connectivity index (χ1) is 20.6. The third kappa shape index (κ3) is 8.53. The van der Waals surface area contributed by atoms with Gasteiger partial charge in [-0.1, -0.05) is 56.7 Å². The molecule has 1 aliphatic rings. The highest BCUT2D eigenvalue weighted by Gasteiger charge is 2.38. The Hall–Kier alpha value is -3.52. The first-order valence-corrected chi connectivity index (χ1v) is 16.4. The molecule has 2 heterocycles. The van der Waals surface area contributed by atoms with E-state index in [4.69, 9.17) is 9.47 Å². The number of amides is 2. The number of carbonyl (C=O) groups is 2. The maximum absolute atomic E-state index is 13.8. The molecule has 43 heavy (non-hydrogen) atoms. The molecule has 232 valence electrons. The Kier molecular flexibility index (Phi) is 11.1. The summed E-state index contributed by atoms with van der Waals surface area (Å²) in [5.41, 5.74) is 2.50. The number of thiazole rings is 1. The number of aliphatic hydroxyl groups is 1. The molecule has 0 saturated carbocycles. The Balaban J connectivity index is 1.54. The summed E-state index contributed by atoms with van der Waals surface area (Å²) in [5.74, 6) is -0.156. The number of nitrogens with zero attached hydrogens (tertiary/aromatic N) is 3. The molecule has 3 aromatic rings. The first-order valence-electron chi connectivity index (χ1n) is 14.1. The van der Waals surface area contributed by atoms with Gasteiger partial charge in [-0.2, -0.15) is 4.31 Å². The van der Waals surface area contributed by atoms with Gasteiger partial charge in [-0.3, -0.25) is 14.7 Å². The van der Waals surface area contributed by atoms with Gasteiger partial charge in [0.25, 0.3) is 5.91 Å². The number of hydrogen-bond donors (Lipinski definition) is 2. The average Bonchev–Trinajstić information content (AvgIpc) is 3.66. The number of rotatable bonds is 15. The lowest BCUT2D eigenvalue weighted by Gasteiger charge is -2.31. The second kappa shape index (κ2) is 14.8. The standard InChI is InChI=1S/C30H38N4O7S2/c1-4-21(2)16-34(43(38,39)25-12-8-11-23(14-25)40-3)18-27(35)26(13-22-9-6-5-7-10-22)32-29(36)28-19-33(30(37)41-28)17-24-15-31-20-42-24/h5-12,14-15,20-21,26-28,35H,4,13,16-19H2,1-3H3,(H,32,36)/t21-,26+,27-,28+/m1/s1. The van der Waals surface area contributed by atoms with Crippen molar-refractivity contribution in [3.63, 3.8) is 0 Å². The van der Waals surface area contributed by atoms with Crippen molar-refractivity contribution < 1.29 is 32.6 Å². The number of aliphatic hydroxyl groups excluding tert-OH is 1. The van der Waals surface area contributed by atoms with Crippen LogP contribution in [0.5, 0.6) is 5.75 Å². The van der Waals surface area contributed by atoms with E-state index in [-0.39, 0.29) is 43.4 Å². The molecular weight excluding hydrogens is 592 g/mol. The van der Waals surface area contributed by atoms with Gasteiger partial charge in [0, 0.05) is 30.2 Å². The smallest absolute Gasteiger partial charge is 0.411 e. The number of sulfonamides is 1. The number of nitrogens with one attached hydrogen (secondary N) is 1. The Morgan fingerprint density at radius 2 is 2.00 bits per heavy atom. The molecule has 11 nitrogen and oxygen atoms in total. The van der Waals surface area contributed by atoms with E-state index in [9.17, 15) is 23.1 Å². The van der Waals surface area contributed by atoms with Crippen LogP contribution < -0.4 is 10.1 Å². The molecule has 0 radical (unpaired) electrons. The summed E-state index contributed by atoms with van der Waals surface area (Å²) in [6.45, 7) is 4.14. The van der Waals surface area contributed by atoms with Crippen molar-refractivity contribution in [1.29, 1.82) is 0 Å². The van der Waals surface area contributed by atoms with Gasteiger partial charge in [-0.05, 0) is 30.0 Å². The van der Waals surface area contributed by atoms with Crippen LogP contribution in [-0.4, -0.2) is 84.7 Å². The highest BCUT2D eigenvalue weighted by Crippen LogP contribution is 2.24. The van der Waals surface area contributed by atoms with Gasteiger partial charge in [-0.25, -0.2) is 13.2 Å². The van der Waals surface area contributed by atoms with Crippen LogP contribution in [-0.2, 0) is 32.5 Å². The molecule has 2 N–H and O–H groups in total. The van der Waals surface area contributed by atoms with Gasteiger partial charge in [-0.15, -0.1) is 11.3 Å². The Labute approximate surface area is 256 Å². The number of aromatic nitrogens is 1. The molecule has 2 aromatic carbocycles. The highest BCUT2D eigenvalue weighted by atomic mass is 32.2. The fourth-order valence-electron chi connectivity index (χ4n) is 4.70. The van der Waals surface area contributed by atoms with Crippen LogP contribution in [0, 0.1) is 5.92 Å². The van der Waals surface area contributed by atoms with Crippen LogP contribution in [0.15, 0.2) is 71.2 Å². The second-order valence-electron chi connectivity index (χ2n) is 10.6. The van der Waals surface area contributed by atoms with E-state index in [1.165, 1.54) is 39.8 Å². The minimum absolute atomic E-state index is 0.0113. The largest absolute Gasteiger partial charge is 0.497 e. The number of carbonyl (C=O) groups excluding carboxylic acids is 2. The summed E-state index contributed by atoms with van der Waals surface area (Å²) in [7, 11) is -2.56. The van der Waals surface area contributed by atoms with Crippen LogP contribution in [0.2, 0.25) is 0 Å². The van der Waals surface area contributed by atoms with E-state index in [0.29, 0.717) is 5.75 Å². The summed E-state index contributed by atoms with van der Waals surface area (Å²) in [6.07, 6.45) is -0.355. The molecule has 0 bridgehead atoms. The fraction of sp³-hybridized carbons (Fsp3) is 0.433. The molecule has 1 aliphatic heterocycles. The van der Waals surface area contributed by atoms with E-state index in [0.717, 1.165) is 16.9 Å². The summed E-state index contributed by atoms with van der Waals surface area (Å²) in [4.78, 5) is 32.2.